The predicted octanol–water partition coefficient (Wildman–Crippen LogP) is 1.89. The van der Waals surface area contributed by atoms with Gasteiger partial charge in [0.05, 0.1) is 11.6 Å². The molecule has 0 fully saturated rings. The molecule has 0 radical (unpaired) electrons. The van der Waals surface area contributed by atoms with Crippen LogP contribution in [-0.2, 0) is 10.0 Å². The Kier molecular flexibility index (Phi) is 3.84. The van der Waals surface area contributed by atoms with Gasteiger partial charge in [0, 0.05) is 5.69 Å². The molecule has 0 saturated heterocycles. The normalized spacial score (nSPS) is 10.9. The fraction of sp³-hybridized carbons (Fsp3) is 0.0714. The first kappa shape index (κ1) is 14.8. The van der Waals surface area contributed by atoms with Crippen molar-refractivity contribution in [1.82, 2.24) is 0 Å². The van der Waals surface area contributed by atoms with Gasteiger partial charge in [-0.25, -0.2) is 13.6 Å². The monoisotopic (exact) mass is 303 g/mol. The molecule has 2 aromatic carbocycles. The van der Waals surface area contributed by atoms with Gasteiger partial charge in [0.1, 0.15) is 16.4 Å². The summed E-state index contributed by atoms with van der Waals surface area (Å²) < 4.78 is 28.8. The lowest BCUT2D eigenvalue weighted by Gasteiger charge is -2.12. The molecule has 0 atom stereocenters. The molecule has 0 heterocycles. The highest BCUT2D eigenvalue weighted by Crippen LogP contribution is 2.31. The summed E-state index contributed by atoms with van der Waals surface area (Å²) in [5.41, 5.74) is 6.99. The van der Waals surface area contributed by atoms with Crippen molar-refractivity contribution in [2.24, 2.45) is 5.14 Å². The van der Waals surface area contributed by atoms with Gasteiger partial charge in [0.2, 0.25) is 10.0 Å². The van der Waals surface area contributed by atoms with Gasteiger partial charge >= 0.3 is 0 Å². The number of nitrogens with zero attached hydrogens (tertiary/aromatic N) is 1. The van der Waals surface area contributed by atoms with E-state index >= 15 is 0 Å². The van der Waals surface area contributed by atoms with E-state index in [4.69, 9.17) is 20.9 Å². The number of hydrogen-bond acceptors (Lipinski definition) is 5. The number of hydrogen-bond donors (Lipinski definition) is 2. The number of aryl methyl sites for hydroxylation is 1. The molecule has 0 aliphatic rings. The van der Waals surface area contributed by atoms with E-state index in [1.165, 1.54) is 24.3 Å². The molecular weight excluding hydrogens is 290 g/mol. The van der Waals surface area contributed by atoms with Gasteiger partial charge in [0.15, 0.2) is 0 Å². The van der Waals surface area contributed by atoms with E-state index in [1.807, 2.05) is 6.07 Å². The maximum absolute atomic E-state index is 11.6. The average Bonchev–Trinajstić information content (AvgIpc) is 2.42. The number of anilines is 1. The van der Waals surface area contributed by atoms with Crippen LogP contribution in [0.4, 0.5) is 5.69 Å². The predicted molar refractivity (Wildman–Crippen MR) is 78.2 cm³/mol. The summed E-state index contributed by atoms with van der Waals surface area (Å²) in [5, 5.41) is 14.1. The van der Waals surface area contributed by atoms with Crippen LogP contribution in [0.15, 0.2) is 41.3 Å². The van der Waals surface area contributed by atoms with Crippen LogP contribution >= 0.6 is 0 Å². The second-order valence-electron chi connectivity index (χ2n) is 4.45. The highest BCUT2D eigenvalue weighted by atomic mass is 32.2. The highest BCUT2D eigenvalue weighted by Gasteiger charge is 2.17. The number of nitriles is 1. The van der Waals surface area contributed by atoms with Crippen molar-refractivity contribution >= 4 is 15.7 Å². The zero-order valence-electron chi connectivity index (χ0n) is 11.2. The Morgan fingerprint density at radius 1 is 1.14 bits per heavy atom. The van der Waals surface area contributed by atoms with Crippen molar-refractivity contribution in [3.63, 3.8) is 0 Å². The van der Waals surface area contributed by atoms with Crippen molar-refractivity contribution < 1.29 is 13.2 Å². The van der Waals surface area contributed by atoms with Crippen LogP contribution in [0.2, 0.25) is 0 Å². The van der Waals surface area contributed by atoms with E-state index in [9.17, 15) is 8.42 Å². The molecule has 0 saturated carbocycles. The van der Waals surface area contributed by atoms with E-state index in [0.717, 1.165) is 5.56 Å². The Bertz CT molecular complexity index is 839. The summed E-state index contributed by atoms with van der Waals surface area (Å²) in [4.78, 5) is -0.204. The summed E-state index contributed by atoms with van der Waals surface area (Å²) in [7, 11) is -3.97. The lowest BCUT2D eigenvalue weighted by molar-refractivity contribution is 0.464. The zero-order chi connectivity index (χ0) is 15.6. The average molecular weight is 303 g/mol. The first-order valence-corrected chi connectivity index (χ1v) is 7.47. The van der Waals surface area contributed by atoms with Gasteiger partial charge in [-0.05, 0) is 42.8 Å². The van der Waals surface area contributed by atoms with Crippen LogP contribution < -0.4 is 15.6 Å². The third kappa shape index (κ3) is 3.31. The molecule has 0 unspecified atom stereocenters. The molecule has 21 heavy (non-hydrogen) atoms. The van der Waals surface area contributed by atoms with Crippen molar-refractivity contribution in [2.75, 3.05) is 5.73 Å². The molecular formula is C14H13N3O3S. The minimum atomic E-state index is -3.97. The number of benzene rings is 2. The Hall–Kier alpha value is -2.56. The van der Waals surface area contributed by atoms with Crippen LogP contribution in [0.25, 0.3) is 0 Å². The molecule has 7 heteroatoms. The number of ether oxygens (including phenoxy) is 1. The maximum atomic E-state index is 11.6. The summed E-state index contributed by atoms with van der Waals surface area (Å²) in [6, 6.07) is 11.0. The molecule has 2 aromatic rings. The lowest BCUT2D eigenvalue weighted by atomic mass is 10.1. The molecule has 108 valence electrons. The van der Waals surface area contributed by atoms with E-state index < -0.39 is 10.0 Å². The first-order valence-electron chi connectivity index (χ1n) is 5.92. The first-order chi connectivity index (χ1) is 9.81. The van der Waals surface area contributed by atoms with Gasteiger partial charge in [-0.1, -0.05) is 6.07 Å². The second kappa shape index (κ2) is 5.44. The summed E-state index contributed by atoms with van der Waals surface area (Å²) >= 11 is 0. The van der Waals surface area contributed by atoms with Gasteiger partial charge in [-0.3, -0.25) is 0 Å². The van der Waals surface area contributed by atoms with Gasteiger partial charge in [-0.2, -0.15) is 5.26 Å². The molecule has 0 bridgehead atoms. The quantitative estimate of drug-likeness (QED) is 0.839. The molecule has 0 spiro atoms. The SMILES string of the molecule is Cc1ccc(C#N)cc1Oc1ccc(N)cc1S(N)(=O)=O. The Balaban J connectivity index is 2.53. The number of primary sulfonamides is 1. The Morgan fingerprint density at radius 2 is 1.86 bits per heavy atom. The van der Waals surface area contributed by atoms with Crippen molar-refractivity contribution in [3.05, 3.63) is 47.5 Å². The van der Waals surface area contributed by atoms with Crippen LogP contribution in [0.3, 0.4) is 0 Å². The number of sulfonamides is 1. The third-order valence-electron chi connectivity index (χ3n) is 2.81. The van der Waals surface area contributed by atoms with E-state index in [2.05, 4.69) is 0 Å². The van der Waals surface area contributed by atoms with E-state index in [-0.39, 0.29) is 16.3 Å². The molecule has 0 aliphatic heterocycles. The maximum Gasteiger partial charge on any atom is 0.241 e. The standard InChI is InChI=1S/C14H13N3O3S/c1-9-2-3-10(8-15)6-13(9)20-12-5-4-11(16)7-14(12)21(17,18)19/h2-7H,16H2,1H3,(H2,17,18,19). The number of nitrogen functional groups attached to an aromatic ring is 1. The molecule has 0 amide bonds. The topological polar surface area (TPSA) is 119 Å². The van der Waals surface area contributed by atoms with Gasteiger partial charge in [0.25, 0.3) is 0 Å². The second-order valence-corrected chi connectivity index (χ2v) is 5.98. The Morgan fingerprint density at radius 3 is 2.48 bits per heavy atom. The molecule has 4 N–H and O–H groups in total. The largest absolute Gasteiger partial charge is 0.456 e. The summed E-state index contributed by atoms with van der Waals surface area (Å²) in [6.45, 7) is 1.78. The Labute approximate surface area is 122 Å². The lowest BCUT2D eigenvalue weighted by Crippen LogP contribution is -2.13. The number of nitrogens with two attached hydrogens (primary N) is 2. The third-order valence-corrected chi connectivity index (χ3v) is 3.74. The highest BCUT2D eigenvalue weighted by molar-refractivity contribution is 7.89. The van der Waals surface area contributed by atoms with E-state index in [1.54, 1.807) is 19.1 Å². The fourth-order valence-corrected chi connectivity index (χ4v) is 2.42. The van der Waals surface area contributed by atoms with Crippen LogP contribution in [0, 0.1) is 18.3 Å². The van der Waals surface area contributed by atoms with Crippen molar-refractivity contribution in [3.8, 4) is 17.6 Å². The minimum absolute atomic E-state index is 0.0601. The van der Waals surface area contributed by atoms with E-state index in [0.29, 0.717) is 11.3 Å². The summed E-state index contributed by atoms with van der Waals surface area (Å²) in [6.07, 6.45) is 0. The van der Waals surface area contributed by atoms with Gasteiger partial charge in [-0.15, -0.1) is 0 Å². The van der Waals surface area contributed by atoms with Gasteiger partial charge < -0.3 is 10.5 Å². The van der Waals surface area contributed by atoms with Crippen LogP contribution in [0.5, 0.6) is 11.5 Å². The zero-order valence-corrected chi connectivity index (χ0v) is 12.0. The summed E-state index contributed by atoms with van der Waals surface area (Å²) in [5.74, 6) is 0.439. The minimum Gasteiger partial charge on any atom is -0.456 e. The molecule has 0 aromatic heterocycles. The van der Waals surface area contributed by atoms with Crippen LogP contribution in [0.1, 0.15) is 11.1 Å². The molecule has 0 aliphatic carbocycles. The molecule has 2 rings (SSSR count). The van der Waals surface area contributed by atoms with Crippen molar-refractivity contribution in [2.45, 2.75) is 11.8 Å². The van der Waals surface area contributed by atoms with Crippen molar-refractivity contribution in [1.29, 1.82) is 5.26 Å². The van der Waals surface area contributed by atoms with Crippen LogP contribution in [-0.4, -0.2) is 8.42 Å². The smallest absolute Gasteiger partial charge is 0.241 e. The fourth-order valence-electron chi connectivity index (χ4n) is 1.73. The number of rotatable bonds is 3. The molecule has 6 nitrogen and oxygen atoms in total.